The number of rotatable bonds is 6. The van der Waals surface area contributed by atoms with Gasteiger partial charge in [-0.2, -0.15) is 0 Å². The first-order valence-electron chi connectivity index (χ1n) is 7.28. The number of Topliss-reactive ketones (excluding diaryl/α,β-unsaturated/α-hetero) is 1. The number of halogens is 1. The van der Waals surface area contributed by atoms with Gasteiger partial charge in [0.05, 0.1) is 7.11 Å². The van der Waals surface area contributed by atoms with Crippen LogP contribution in [0, 0.1) is 6.92 Å². The van der Waals surface area contributed by atoms with Crippen LogP contribution in [0.5, 0.6) is 11.5 Å². The van der Waals surface area contributed by atoms with E-state index in [1.165, 1.54) is 14.0 Å². The molecule has 2 rings (SSSR count). The van der Waals surface area contributed by atoms with Crippen molar-refractivity contribution in [3.8, 4) is 11.5 Å². The maximum absolute atomic E-state index is 12.0. The molecule has 24 heavy (non-hydrogen) atoms. The molecule has 0 saturated carbocycles. The number of nitrogens with one attached hydrogen (secondary N) is 1. The lowest BCUT2D eigenvalue weighted by atomic mass is 10.1. The molecule has 5 nitrogen and oxygen atoms in total. The second-order valence-electron chi connectivity index (χ2n) is 5.22. The van der Waals surface area contributed by atoms with Crippen LogP contribution >= 0.6 is 11.6 Å². The van der Waals surface area contributed by atoms with Gasteiger partial charge in [-0.1, -0.05) is 17.7 Å². The molecule has 0 bridgehead atoms. The second kappa shape index (κ2) is 7.84. The summed E-state index contributed by atoms with van der Waals surface area (Å²) in [5.41, 5.74) is 2.04. The van der Waals surface area contributed by atoms with Gasteiger partial charge in [-0.15, -0.1) is 0 Å². The normalized spacial score (nSPS) is 10.2. The largest absolute Gasteiger partial charge is 0.493 e. The van der Waals surface area contributed by atoms with E-state index >= 15 is 0 Å². The van der Waals surface area contributed by atoms with Crippen LogP contribution in [0.4, 0.5) is 5.69 Å². The second-order valence-corrected chi connectivity index (χ2v) is 5.63. The van der Waals surface area contributed by atoms with Gasteiger partial charge >= 0.3 is 0 Å². The van der Waals surface area contributed by atoms with Crippen molar-refractivity contribution >= 4 is 29.0 Å². The molecule has 0 radical (unpaired) electrons. The minimum atomic E-state index is -0.326. The highest BCUT2D eigenvalue weighted by molar-refractivity contribution is 6.31. The molecule has 2 aromatic rings. The summed E-state index contributed by atoms with van der Waals surface area (Å²) in [6, 6.07) is 10.1. The predicted molar refractivity (Wildman–Crippen MR) is 93.3 cm³/mol. The average molecular weight is 348 g/mol. The third kappa shape index (κ3) is 4.49. The van der Waals surface area contributed by atoms with Gasteiger partial charge in [0.15, 0.2) is 23.9 Å². The topological polar surface area (TPSA) is 64.6 Å². The molecule has 1 N–H and O–H groups in total. The molecule has 0 spiro atoms. The Morgan fingerprint density at radius 3 is 2.50 bits per heavy atom. The lowest BCUT2D eigenvalue weighted by molar-refractivity contribution is -0.118. The van der Waals surface area contributed by atoms with Gasteiger partial charge in [0.1, 0.15) is 0 Å². The van der Waals surface area contributed by atoms with E-state index in [2.05, 4.69) is 5.32 Å². The van der Waals surface area contributed by atoms with Crippen molar-refractivity contribution in [2.45, 2.75) is 13.8 Å². The first kappa shape index (κ1) is 17.8. The summed E-state index contributed by atoms with van der Waals surface area (Å²) in [6.07, 6.45) is 0. The van der Waals surface area contributed by atoms with E-state index in [0.29, 0.717) is 27.8 Å². The van der Waals surface area contributed by atoms with Gasteiger partial charge < -0.3 is 14.8 Å². The fourth-order valence-corrected chi connectivity index (χ4v) is 2.20. The molecule has 6 heteroatoms. The molecule has 1 amide bonds. The third-order valence-corrected chi connectivity index (χ3v) is 3.79. The van der Waals surface area contributed by atoms with E-state index in [1.54, 1.807) is 30.3 Å². The van der Waals surface area contributed by atoms with Crippen LogP contribution in [0.2, 0.25) is 5.02 Å². The Kier molecular flexibility index (Phi) is 5.82. The Labute approximate surface area is 145 Å². The standard InChI is InChI=1S/C18H18ClNO4/c1-11-4-6-14(9-15(11)19)20-18(22)10-24-16-7-5-13(12(2)21)8-17(16)23-3/h4-9H,10H2,1-3H3,(H,20,22). The molecule has 0 heterocycles. The predicted octanol–water partition coefficient (Wildman–Crippen LogP) is 3.88. The van der Waals surface area contributed by atoms with Crippen molar-refractivity contribution < 1.29 is 19.1 Å². The fourth-order valence-electron chi connectivity index (χ4n) is 2.02. The molecule has 0 saturated heterocycles. The van der Waals surface area contributed by atoms with Gasteiger partial charge in [0.2, 0.25) is 0 Å². The Morgan fingerprint density at radius 1 is 1.12 bits per heavy atom. The zero-order valence-electron chi connectivity index (χ0n) is 13.7. The minimum absolute atomic E-state index is 0.0751. The quantitative estimate of drug-likeness (QED) is 0.805. The fraction of sp³-hybridized carbons (Fsp3) is 0.222. The minimum Gasteiger partial charge on any atom is -0.493 e. The van der Waals surface area contributed by atoms with Crippen LogP contribution in [0.1, 0.15) is 22.8 Å². The first-order valence-corrected chi connectivity index (χ1v) is 7.66. The molecule has 2 aromatic carbocycles. The van der Waals surface area contributed by atoms with E-state index in [1.807, 2.05) is 13.0 Å². The number of ketones is 1. The van der Waals surface area contributed by atoms with Crippen LogP contribution in [0.25, 0.3) is 0 Å². The van der Waals surface area contributed by atoms with Crippen LogP contribution in [-0.2, 0) is 4.79 Å². The number of carbonyl (C=O) groups excluding carboxylic acids is 2. The zero-order chi connectivity index (χ0) is 17.7. The average Bonchev–Trinajstić information content (AvgIpc) is 2.56. The van der Waals surface area contributed by atoms with Gasteiger partial charge in [-0.05, 0) is 49.7 Å². The van der Waals surface area contributed by atoms with Crippen molar-refractivity contribution in [1.29, 1.82) is 0 Å². The zero-order valence-corrected chi connectivity index (χ0v) is 14.4. The highest BCUT2D eigenvalue weighted by Gasteiger charge is 2.11. The van der Waals surface area contributed by atoms with Gasteiger partial charge in [-0.3, -0.25) is 9.59 Å². The number of hydrogen-bond acceptors (Lipinski definition) is 4. The number of carbonyl (C=O) groups is 2. The summed E-state index contributed by atoms with van der Waals surface area (Å²) in [5, 5.41) is 3.28. The first-order chi connectivity index (χ1) is 11.4. The molecule has 126 valence electrons. The van der Waals surface area contributed by atoms with Crippen molar-refractivity contribution in [3.05, 3.63) is 52.5 Å². The molecule has 0 aliphatic carbocycles. The van der Waals surface area contributed by atoms with E-state index < -0.39 is 0 Å². The van der Waals surface area contributed by atoms with E-state index in [0.717, 1.165) is 5.56 Å². The Bertz CT molecular complexity index is 774. The summed E-state index contributed by atoms with van der Waals surface area (Å²) >= 11 is 6.02. The van der Waals surface area contributed by atoms with Gasteiger partial charge in [0, 0.05) is 16.3 Å². The SMILES string of the molecule is COc1cc(C(C)=O)ccc1OCC(=O)Nc1ccc(C)c(Cl)c1. The van der Waals surface area contributed by atoms with Crippen LogP contribution in [0.3, 0.4) is 0 Å². The Hall–Kier alpha value is -2.53. The monoisotopic (exact) mass is 347 g/mol. The summed E-state index contributed by atoms with van der Waals surface area (Å²) < 4.78 is 10.7. The summed E-state index contributed by atoms with van der Waals surface area (Å²) in [7, 11) is 1.47. The highest BCUT2D eigenvalue weighted by Crippen LogP contribution is 2.28. The van der Waals surface area contributed by atoms with E-state index in [9.17, 15) is 9.59 Å². The summed E-state index contributed by atoms with van der Waals surface area (Å²) in [4.78, 5) is 23.4. The van der Waals surface area contributed by atoms with Crippen molar-refractivity contribution in [3.63, 3.8) is 0 Å². The maximum atomic E-state index is 12.0. The third-order valence-electron chi connectivity index (χ3n) is 3.38. The lowest BCUT2D eigenvalue weighted by Crippen LogP contribution is -2.20. The molecule has 0 aliphatic rings. The van der Waals surface area contributed by atoms with Crippen LogP contribution < -0.4 is 14.8 Å². The smallest absolute Gasteiger partial charge is 0.262 e. The molecule has 0 aromatic heterocycles. The summed E-state index contributed by atoms with van der Waals surface area (Å²) in [5.74, 6) is 0.384. The number of ether oxygens (including phenoxy) is 2. The Morgan fingerprint density at radius 2 is 1.88 bits per heavy atom. The van der Waals surface area contributed by atoms with Crippen molar-refractivity contribution in [1.82, 2.24) is 0 Å². The van der Waals surface area contributed by atoms with Crippen molar-refractivity contribution in [2.24, 2.45) is 0 Å². The molecule has 0 atom stereocenters. The molecular formula is C18H18ClNO4. The Balaban J connectivity index is 2.00. The molecule has 0 fully saturated rings. The number of hydrogen-bond donors (Lipinski definition) is 1. The number of methoxy groups -OCH3 is 1. The lowest BCUT2D eigenvalue weighted by Gasteiger charge is -2.12. The van der Waals surface area contributed by atoms with E-state index in [-0.39, 0.29) is 18.3 Å². The van der Waals surface area contributed by atoms with Crippen LogP contribution in [-0.4, -0.2) is 25.4 Å². The van der Waals surface area contributed by atoms with Gasteiger partial charge in [0.25, 0.3) is 5.91 Å². The number of anilines is 1. The van der Waals surface area contributed by atoms with Crippen LogP contribution in [0.15, 0.2) is 36.4 Å². The number of aryl methyl sites for hydroxylation is 1. The highest BCUT2D eigenvalue weighted by atomic mass is 35.5. The molecule has 0 aliphatic heterocycles. The van der Waals surface area contributed by atoms with E-state index in [4.69, 9.17) is 21.1 Å². The van der Waals surface area contributed by atoms with Gasteiger partial charge in [-0.25, -0.2) is 0 Å². The maximum Gasteiger partial charge on any atom is 0.262 e. The summed E-state index contributed by atoms with van der Waals surface area (Å²) in [6.45, 7) is 3.16. The van der Waals surface area contributed by atoms with Crippen molar-refractivity contribution in [2.75, 3.05) is 19.0 Å². The molecular weight excluding hydrogens is 330 g/mol. The number of amides is 1. The number of benzene rings is 2. The molecule has 0 unspecified atom stereocenters.